The van der Waals surface area contributed by atoms with E-state index in [4.69, 9.17) is 0 Å². The number of nitrogens with zero attached hydrogens (tertiary/aromatic N) is 1. The molecule has 1 aliphatic heterocycles. The molecule has 0 atom stereocenters. The molecule has 0 radical (unpaired) electrons. The zero-order chi connectivity index (χ0) is 17.3. The van der Waals surface area contributed by atoms with Gasteiger partial charge in [0.05, 0.1) is 11.3 Å². The van der Waals surface area contributed by atoms with Gasteiger partial charge in [-0.25, -0.2) is 0 Å². The van der Waals surface area contributed by atoms with E-state index in [-0.39, 0.29) is 29.3 Å². The van der Waals surface area contributed by atoms with Gasteiger partial charge in [-0.05, 0) is 35.9 Å². The van der Waals surface area contributed by atoms with Crippen molar-refractivity contribution in [3.63, 3.8) is 0 Å². The van der Waals surface area contributed by atoms with Crippen LogP contribution in [0.25, 0.3) is 6.08 Å². The topological polar surface area (TPSA) is 83.9 Å². The molecule has 0 aromatic heterocycles. The van der Waals surface area contributed by atoms with Crippen molar-refractivity contribution >= 4 is 29.9 Å². The largest absolute Gasteiger partial charge is 0.504 e. The normalized spacial score (nSPS) is 15.4. The number of rotatable bonds is 3. The number of para-hydroxylation sites is 1. The predicted octanol–water partition coefficient (Wildman–Crippen LogP) is 2.17. The zero-order valence-corrected chi connectivity index (χ0v) is 12.7. The number of hydrogen-bond donors (Lipinski definition) is 1. The number of amides is 1. The van der Waals surface area contributed by atoms with Crippen LogP contribution in [0.2, 0.25) is 0 Å². The van der Waals surface area contributed by atoms with E-state index in [1.165, 1.54) is 29.2 Å². The van der Waals surface area contributed by atoms with Gasteiger partial charge in [-0.15, -0.1) is 0 Å². The third-order valence-corrected chi connectivity index (χ3v) is 3.76. The van der Waals surface area contributed by atoms with E-state index in [0.717, 1.165) is 0 Å². The number of ether oxygens (including phenoxy) is 1. The van der Waals surface area contributed by atoms with E-state index in [0.29, 0.717) is 16.8 Å². The lowest BCUT2D eigenvalue weighted by atomic mass is 9.94. The number of Topliss-reactive ketones (excluding diaryl/α,β-unsaturated/α-hetero) is 1. The van der Waals surface area contributed by atoms with Gasteiger partial charge in [-0.1, -0.05) is 18.2 Å². The second-order valence-electron chi connectivity index (χ2n) is 5.21. The number of phenols is 1. The molecule has 0 aliphatic carbocycles. The fourth-order valence-corrected chi connectivity index (χ4v) is 2.55. The Morgan fingerprint density at radius 2 is 1.88 bits per heavy atom. The second kappa shape index (κ2) is 6.00. The summed E-state index contributed by atoms with van der Waals surface area (Å²) in [5, 5.41) is 9.60. The molecule has 6 nitrogen and oxygen atoms in total. The van der Waals surface area contributed by atoms with E-state index in [1.807, 2.05) is 0 Å². The molecule has 1 amide bonds. The summed E-state index contributed by atoms with van der Waals surface area (Å²) in [6.45, 7) is 0.187. The monoisotopic (exact) mass is 323 g/mol. The Balaban J connectivity index is 2.08. The molecule has 2 aromatic rings. The Hall–Kier alpha value is -3.41. The highest BCUT2D eigenvalue weighted by molar-refractivity contribution is 6.36. The minimum Gasteiger partial charge on any atom is -0.504 e. The highest BCUT2D eigenvalue weighted by Gasteiger charge is 2.32. The van der Waals surface area contributed by atoms with Crippen LogP contribution in [0.4, 0.5) is 5.69 Å². The molecular weight excluding hydrogens is 310 g/mol. The molecule has 0 fully saturated rings. The molecule has 0 unspecified atom stereocenters. The number of benzene rings is 2. The fourth-order valence-electron chi connectivity index (χ4n) is 2.55. The predicted molar refractivity (Wildman–Crippen MR) is 87.0 cm³/mol. The first-order chi connectivity index (χ1) is 11.5. The molecule has 24 heavy (non-hydrogen) atoms. The van der Waals surface area contributed by atoms with Crippen LogP contribution in [-0.4, -0.2) is 30.3 Å². The van der Waals surface area contributed by atoms with Crippen LogP contribution < -0.4 is 9.64 Å². The number of ketones is 1. The number of anilines is 1. The standard InChI is InChI=1S/C18H13NO5/c1-19-14-5-3-2-4-12(14)17(22)13(18(19)23)8-11-6-7-15(21)16(9-11)24-10-20/h2-10,21H,1H3. The van der Waals surface area contributed by atoms with Crippen molar-refractivity contribution in [3.05, 3.63) is 59.2 Å². The molecule has 120 valence electrons. The lowest BCUT2D eigenvalue weighted by Crippen LogP contribution is -2.36. The number of phenolic OH excluding ortho intramolecular Hbond substituents is 1. The van der Waals surface area contributed by atoms with Crippen molar-refractivity contribution in [2.24, 2.45) is 0 Å². The molecule has 0 saturated carbocycles. The molecule has 3 rings (SSSR count). The molecule has 1 heterocycles. The van der Waals surface area contributed by atoms with Crippen LogP contribution in [0, 0.1) is 0 Å². The van der Waals surface area contributed by atoms with Crippen LogP contribution in [-0.2, 0) is 9.59 Å². The van der Waals surface area contributed by atoms with E-state index in [1.54, 1.807) is 31.3 Å². The van der Waals surface area contributed by atoms with Gasteiger partial charge in [0, 0.05) is 12.6 Å². The number of aromatic hydroxyl groups is 1. The molecule has 2 aromatic carbocycles. The third-order valence-electron chi connectivity index (χ3n) is 3.76. The summed E-state index contributed by atoms with van der Waals surface area (Å²) in [6.07, 6.45) is 1.41. The maximum atomic E-state index is 12.6. The summed E-state index contributed by atoms with van der Waals surface area (Å²) in [6, 6.07) is 11.1. The summed E-state index contributed by atoms with van der Waals surface area (Å²) in [5.41, 5.74) is 1.45. The van der Waals surface area contributed by atoms with E-state index in [9.17, 15) is 19.5 Å². The van der Waals surface area contributed by atoms with Crippen molar-refractivity contribution < 1.29 is 24.2 Å². The molecule has 1 N–H and O–H groups in total. The number of fused-ring (bicyclic) bond motifs is 1. The fraction of sp³-hybridized carbons (Fsp3) is 0.0556. The van der Waals surface area contributed by atoms with Crippen LogP contribution in [0.3, 0.4) is 0 Å². The van der Waals surface area contributed by atoms with Crippen LogP contribution in [0.15, 0.2) is 48.0 Å². The molecule has 0 saturated heterocycles. The molecular formula is C18H13NO5. The molecule has 1 aliphatic rings. The Bertz CT molecular complexity index is 885. The minimum absolute atomic E-state index is 0.000979. The minimum atomic E-state index is -0.426. The molecule has 0 spiro atoms. The number of hydrogen-bond acceptors (Lipinski definition) is 5. The SMILES string of the molecule is CN1C(=O)C(=Cc2ccc(O)c(OC=O)c2)C(=O)c2ccccc21. The molecule has 0 bridgehead atoms. The van der Waals surface area contributed by atoms with Crippen molar-refractivity contribution in [2.75, 3.05) is 11.9 Å². The first-order valence-electron chi connectivity index (χ1n) is 7.09. The Morgan fingerprint density at radius 3 is 2.62 bits per heavy atom. The van der Waals surface area contributed by atoms with Crippen molar-refractivity contribution in [3.8, 4) is 11.5 Å². The summed E-state index contributed by atoms with van der Waals surface area (Å²) < 4.78 is 4.66. The van der Waals surface area contributed by atoms with Gasteiger partial charge in [0.2, 0.25) is 5.78 Å². The first-order valence-corrected chi connectivity index (χ1v) is 7.09. The van der Waals surface area contributed by atoms with Gasteiger partial charge in [-0.2, -0.15) is 0 Å². The summed E-state index contributed by atoms with van der Waals surface area (Å²) in [4.78, 5) is 36.9. The maximum Gasteiger partial charge on any atom is 0.298 e. The van der Waals surface area contributed by atoms with E-state index >= 15 is 0 Å². The van der Waals surface area contributed by atoms with Crippen molar-refractivity contribution in [1.29, 1.82) is 0 Å². The smallest absolute Gasteiger partial charge is 0.298 e. The third kappa shape index (κ3) is 2.54. The zero-order valence-electron chi connectivity index (χ0n) is 12.7. The highest BCUT2D eigenvalue weighted by Crippen LogP contribution is 2.32. The van der Waals surface area contributed by atoms with Gasteiger partial charge in [0.25, 0.3) is 12.4 Å². The number of likely N-dealkylation sites (N-methyl/N-ethyl adjacent to an activating group) is 1. The van der Waals surface area contributed by atoms with E-state index in [2.05, 4.69) is 4.74 Å². The van der Waals surface area contributed by atoms with Gasteiger partial charge in [-0.3, -0.25) is 14.4 Å². The van der Waals surface area contributed by atoms with Gasteiger partial charge in [0.15, 0.2) is 11.5 Å². The van der Waals surface area contributed by atoms with E-state index < -0.39 is 5.91 Å². The van der Waals surface area contributed by atoms with Crippen molar-refractivity contribution in [2.45, 2.75) is 0 Å². The van der Waals surface area contributed by atoms with Crippen molar-refractivity contribution in [1.82, 2.24) is 0 Å². The van der Waals surface area contributed by atoms with Crippen LogP contribution in [0.1, 0.15) is 15.9 Å². The lowest BCUT2D eigenvalue weighted by Gasteiger charge is -2.26. The number of carbonyl (C=O) groups is 3. The maximum absolute atomic E-state index is 12.6. The Morgan fingerprint density at radius 1 is 1.12 bits per heavy atom. The summed E-state index contributed by atoms with van der Waals surface area (Å²) in [7, 11) is 1.60. The van der Waals surface area contributed by atoms with Gasteiger partial charge in [0.1, 0.15) is 0 Å². The highest BCUT2D eigenvalue weighted by atomic mass is 16.5. The van der Waals surface area contributed by atoms with Crippen LogP contribution >= 0.6 is 0 Å². The summed E-state index contributed by atoms with van der Waals surface area (Å²) >= 11 is 0. The average Bonchev–Trinajstić information content (AvgIpc) is 2.59. The molecule has 6 heteroatoms. The Labute approximate surface area is 137 Å². The lowest BCUT2D eigenvalue weighted by molar-refractivity contribution is -0.120. The average molecular weight is 323 g/mol. The van der Waals surface area contributed by atoms with Crippen LogP contribution in [0.5, 0.6) is 11.5 Å². The quantitative estimate of drug-likeness (QED) is 0.532. The summed E-state index contributed by atoms with van der Waals surface area (Å²) in [5.74, 6) is -1.07. The Kier molecular flexibility index (Phi) is 3.87. The second-order valence-corrected chi connectivity index (χ2v) is 5.21. The first kappa shape index (κ1) is 15.5. The van der Waals surface area contributed by atoms with Gasteiger partial charge >= 0.3 is 0 Å². The number of carbonyl (C=O) groups excluding carboxylic acids is 3. The van der Waals surface area contributed by atoms with Gasteiger partial charge < -0.3 is 14.7 Å².